The maximum Gasteiger partial charge on any atom is 0.117 e. The van der Waals surface area contributed by atoms with Crippen molar-refractivity contribution in [2.24, 2.45) is 11.3 Å². The Bertz CT molecular complexity index is 384. The predicted octanol–water partition coefficient (Wildman–Crippen LogP) is 3.05. The van der Waals surface area contributed by atoms with Gasteiger partial charge < -0.3 is 9.84 Å². The summed E-state index contributed by atoms with van der Waals surface area (Å²) in [5, 5.41) is 11.2. The molecule has 0 radical (unpaired) electrons. The lowest BCUT2D eigenvalue weighted by Crippen LogP contribution is -2.52. The second-order valence-corrected chi connectivity index (χ2v) is 7.30. The van der Waals surface area contributed by atoms with Gasteiger partial charge in [0.1, 0.15) is 11.2 Å². The summed E-state index contributed by atoms with van der Waals surface area (Å²) in [5.74, 6) is 0.332. The maximum atomic E-state index is 11.2. The fourth-order valence-corrected chi connectivity index (χ4v) is 4.49. The summed E-state index contributed by atoms with van der Waals surface area (Å²) in [4.78, 5) is 0. The molecule has 0 aromatic heterocycles. The van der Waals surface area contributed by atoms with E-state index >= 15 is 0 Å². The molecule has 2 aliphatic heterocycles. The van der Waals surface area contributed by atoms with Crippen LogP contribution in [0.25, 0.3) is 0 Å². The molecule has 17 heavy (non-hydrogen) atoms. The highest BCUT2D eigenvalue weighted by Gasteiger charge is 2.65. The van der Waals surface area contributed by atoms with Gasteiger partial charge in [0.2, 0.25) is 0 Å². The zero-order valence-corrected chi connectivity index (χ0v) is 11.4. The summed E-state index contributed by atoms with van der Waals surface area (Å²) in [5.41, 5.74) is 0.434. The Balaban J connectivity index is 2.12. The van der Waals surface area contributed by atoms with Crippen LogP contribution in [0.4, 0.5) is 0 Å². The smallest absolute Gasteiger partial charge is 0.117 e. The second-order valence-electron chi connectivity index (χ2n) is 7.30. The summed E-state index contributed by atoms with van der Waals surface area (Å²) in [7, 11) is 0. The van der Waals surface area contributed by atoms with E-state index in [1.54, 1.807) is 0 Å². The molecular weight excluding hydrogens is 212 g/mol. The zero-order chi connectivity index (χ0) is 12.5. The summed E-state index contributed by atoms with van der Waals surface area (Å²) in [6.07, 6.45) is 6.44. The van der Waals surface area contributed by atoms with Crippen LogP contribution in [0.15, 0.2) is 11.6 Å². The van der Waals surface area contributed by atoms with Gasteiger partial charge in [0.25, 0.3) is 0 Å². The molecule has 1 spiro atoms. The largest absolute Gasteiger partial charge is 0.386 e. The third-order valence-electron chi connectivity index (χ3n) is 5.22. The topological polar surface area (TPSA) is 29.5 Å². The monoisotopic (exact) mass is 236 g/mol. The molecule has 2 heterocycles. The molecule has 2 heteroatoms. The van der Waals surface area contributed by atoms with Gasteiger partial charge >= 0.3 is 0 Å². The molecule has 1 N–H and O–H groups in total. The van der Waals surface area contributed by atoms with E-state index in [9.17, 15) is 5.11 Å². The van der Waals surface area contributed by atoms with Crippen molar-refractivity contribution < 1.29 is 9.84 Å². The predicted molar refractivity (Wildman–Crippen MR) is 67.7 cm³/mol. The van der Waals surface area contributed by atoms with Crippen molar-refractivity contribution in [1.29, 1.82) is 0 Å². The first-order valence-electron chi connectivity index (χ1n) is 6.88. The zero-order valence-electron chi connectivity index (χ0n) is 11.4. The Morgan fingerprint density at radius 2 is 2.00 bits per heavy atom. The molecular formula is C15H24O2. The number of hydrogen-bond acceptors (Lipinski definition) is 2. The van der Waals surface area contributed by atoms with Crippen LogP contribution in [0, 0.1) is 11.3 Å². The van der Waals surface area contributed by atoms with Crippen molar-refractivity contribution in [3.05, 3.63) is 11.6 Å². The highest BCUT2D eigenvalue weighted by atomic mass is 16.5. The SMILES string of the molecule is CC1=C[C@@]23CC(C)(C)C[C@@]2(O)[C@H](C)CC[C@@H]1O3. The minimum atomic E-state index is -0.664. The highest BCUT2D eigenvalue weighted by Crippen LogP contribution is 2.60. The maximum absolute atomic E-state index is 11.2. The first-order valence-corrected chi connectivity index (χ1v) is 6.88. The molecule has 3 aliphatic rings. The van der Waals surface area contributed by atoms with Crippen molar-refractivity contribution in [3.63, 3.8) is 0 Å². The molecule has 2 fully saturated rings. The summed E-state index contributed by atoms with van der Waals surface area (Å²) in [6, 6.07) is 0. The normalized spacial score (nSPS) is 51.9. The van der Waals surface area contributed by atoms with Gasteiger partial charge in [-0.25, -0.2) is 0 Å². The molecule has 1 saturated heterocycles. The van der Waals surface area contributed by atoms with Crippen molar-refractivity contribution >= 4 is 0 Å². The lowest BCUT2D eigenvalue weighted by Gasteiger charge is -2.40. The molecule has 1 saturated carbocycles. The molecule has 4 atom stereocenters. The third kappa shape index (κ3) is 1.40. The van der Waals surface area contributed by atoms with Crippen LogP contribution < -0.4 is 0 Å². The summed E-state index contributed by atoms with van der Waals surface area (Å²) < 4.78 is 6.31. The Morgan fingerprint density at radius 3 is 2.71 bits per heavy atom. The Kier molecular flexibility index (Phi) is 2.18. The van der Waals surface area contributed by atoms with E-state index in [-0.39, 0.29) is 11.5 Å². The van der Waals surface area contributed by atoms with E-state index in [0.717, 1.165) is 25.7 Å². The van der Waals surface area contributed by atoms with Gasteiger partial charge in [0.15, 0.2) is 0 Å². The molecule has 2 nitrogen and oxygen atoms in total. The van der Waals surface area contributed by atoms with Crippen molar-refractivity contribution in [1.82, 2.24) is 0 Å². The first kappa shape index (κ1) is 11.7. The van der Waals surface area contributed by atoms with Gasteiger partial charge in [-0.3, -0.25) is 0 Å². The lowest BCUT2D eigenvalue weighted by molar-refractivity contribution is -0.151. The van der Waals surface area contributed by atoms with Crippen LogP contribution >= 0.6 is 0 Å². The number of fused-ring (bicyclic) bond motifs is 1. The van der Waals surface area contributed by atoms with E-state index in [1.165, 1.54) is 5.57 Å². The molecule has 2 bridgehead atoms. The van der Waals surface area contributed by atoms with Gasteiger partial charge in [0, 0.05) is 0 Å². The van der Waals surface area contributed by atoms with Crippen molar-refractivity contribution in [3.8, 4) is 0 Å². The van der Waals surface area contributed by atoms with Gasteiger partial charge in [0.05, 0.1) is 6.10 Å². The van der Waals surface area contributed by atoms with Crippen LogP contribution in [-0.4, -0.2) is 22.4 Å². The van der Waals surface area contributed by atoms with E-state index in [2.05, 4.69) is 33.8 Å². The number of aliphatic hydroxyl groups is 1. The van der Waals surface area contributed by atoms with E-state index in [1.807, 2.05) is 0 Å². The fraction of sp³-hybridized carbons (Fsp3) is 0.867. The molecule has 3 rings (SSSR count). The first-order chi connectivity index (χ1) is 7.78. The van der Waals surface area contributed by atoms with Crippen LogP contribution in [0.2, 0.25) is 0 Å². The Labute approximate surface area is 104 Å². The van der Waals surface area contributed by atoms with E-state index < -0.39 is 11.2 Å². The van der Waals surface area contributed by atoms with Crippen molar-refractivity contribution in [2.75, 3.05) is 0 Å². The quantitative estimate of drug-likeness (QED) is 0.655. The Hall–Kier alpha value is -0.340. The summed E-state index contributed by atoms with van der Waals surface area (Å²) in [6.45, 7) is 8.85. The molecule has 1 aliphatic carbocycles. The van der Waals surface area contributed by atoms with Gasteiger partial charge in [-0.2, -0.15) is 0 Å². The third-order valence-corrected chi connectivity index (χ3v) is 5.22. The average Bonchev–Trinajstić information content (AvgIpc) is 2.56. The van der Waals surface area contributed by atoms with E-state index in [0.29, 0.717) is 5.92 Å². The summed E-state index contributed by atoms with van der Waals surface area (Å²) >= 11 is 0. The Morgan fingerprint density at radius 1 is 1.29 bits per heavy atom. The molecule has 0 aromatic carbocycles. The van der Waals surface area contributed by atoms with Crippen LogP contribution in [0.5, 0.6) is 0 Å². The van der Waals surface area contributed by atoms with Gasteiger partial charge in [-0.15, -0.1) is 0 Å². The van der Waals surface area contributed by atoms with Crippen LogP contribution in [0.3, 0.4) is 0 Å². The molecule has 0 unspecified atom stereocenters. The molecule has 0 amide bonds. The number of rotatable bonds is 0. The highest BCUT2D eigenvalue weighted by molar-refractivity contribution is 5.32. The van der Waals surface area contributed by atoms with E-state index in [4.69, 9.17) is 4.74 Å². The second kappa shape index (κ2) is 3.16. The van der Waals surface area contributed by atoms with Crippen LogP contribution in [0.1, 0.15) is 53.4 Å². The van der Waals surface area contributed by atoms with Crippen LogP contribution in [-0.2, 0) is 4.74 Å². The fourth-order valence-electron chi connectivity index (χ4n) is 4.49. The van der Waals surface area contributed by atoms with Gasteiger partial charge in [-0.1, -0.05) is 20.8 Å². The average molecular weight is 236 g/mol. The molecule has 0 aromatic rings. The number of ether oxygens (including phenoxy) is 1. The van der Waals surface area contributed by atoms with Crippen molar-refractivity contribution in [2.45, 2.75) is 70.7 Å². The standard InChI is InChI=1S/C15H24O2/c1-10-7-14-8-13(3,4)9-15(14,16)11(2)5-6-12(10)17-14/h7,11-12,16H,5-6,8-9H2,1-4H3/t11-,12+,14-,15-/m1/s1. The number of hydrogen-bond donors (Lipinski definition) is 1. The lowest BCUT2D eigenvalue weighted by atomic mass is 9.73. The molecule has 96 valence electrons. The van der Waals surface area contributed by atoms with Gasteiger partial charge in [-0.05, 0) is 55.6 Å². The minimum absolute atomic E-state index is 0.173. The minimum Gasteiger partial charge on any atom is -0.386 e.